The minimum absolute atomic E-state index is 0.0158. The molecule has 0 saturated carbocycles. The molecule has 4 rings (SSSR count). The Hall–Kier alpha value is -4.16. The first-order valence-electron chi connectivity index (χ1n) is 12.9. The number of hydrogen-bond acceptors (Lipinski definition) is 5. The molecule has 0 spiro atoms. The van der Waals surface area contributed by atoms with Crippen LogP contribution in [0.25, 0.3) is 11.0 Å². The molecule has 2 heterocycles. The summed E-state index contributed by atoms with van der Waals surface area (Å²) in [6, 6.07) is 14.9. The van der Waals surface area contributed by atoms with E-state index in [4.69, 9.17) is 16.0 Å². The van der Waals surface area contributed by atoms with Gasteiger partial charge in [0.25, 0.3) is 0 Å². The number of aliphatic imine (C=N–C) groups is 2. The SMILES string of the molecule is Cc1cc2cc(N=C(/N=C/C3CCCCN(CC(=O)NCC(C)c4ccc(Cl)cc4)C3=O)NC#N)ccc2o1. The predicted molar refractivity (Wildman–Crippen MR) is 152 cm³/mol. The summed E-state index contributed by atoms with van der Waals surface area (Å²) >= 11 is 5.96. The van der Waals surface area contributed by atoms with Crippen molar-refractivity contribution < 1.29 is 14.0 Å². The van der Waals surface area contributed by atoms with Gasteiger partial charge in [-0.25, -0.2) is 9.98 Å². The second-order valence-electron chi connectivity index (χ2n) is 9.65. The quantitative estimate of drug-likeness (QED) is 0.185. The Labute approximate surface area is 232 Å². The number of hydrogen-bond donors (Lipinski definition) is 2. The number of aryl methyl sites for hydroxylation is 1. The summed E-state index contributed by atoms with van der Waals surface area (Å²) in [4.78, 5) is 36.3. The Morgan fingerprint density at radius 3 is 2.82 bits per heavy atom. The van der Waals surface area contributed by atoms with Crippen LogP contribution in [0.15, 0.2) is 62.9 Å². The van der Waals surface area contributed by atoms with Gasteiger partial charge in [-0.1, -0.05) is 37.1 Å². The number of nitrogens with one attached hydrogen (secondary N) is 2. The van der Waals surface area contributed by atoms with Crippen molar-refractivity contribution in [3.8, 4) is 6.19 Å². The third-order valence-electron chi connectivity index (χ3n) is 6.60. The van der Waals surface area contributed by atoms with Crippen molar-refractivity contribution in [2.45, 2.75) is 39.0 Å². The van der Waals surface area contributed by atoms with Gasteiger partial charge in [0.1, 0.15) is 11.3 Å². The van der Waals surface area contributed by atoms with E-state index in [1.165, 1.54) is 6.21 Å². The molecule has 2 amide bonds. The first-order valence-corrected chi connectivity index (χ1v) is 13.3. The fourth-order valence-corrected chi connectivity index (χ4v) is 4.62. The molecule has 10 heteroatoms. The maximum Gasteiger partial charge on any atom is 0.239 e. The summed E-state index contributed by atoms with van der Waals surface area (Å²) < 4.78 is 5.59. The number of benzene rings is 2. The van der Waals surface area contributed by atoms with Crippen LogP contribution < -0.4 is 10.6 Å². The molecule has 1 aliphatic rings. The Kier molecular flexibility index (Phi) is 9.34. The molecule has 0 aliphatic carbocycles. The van der Waals surface area contributed by atoms with E-state index in [-0.39, 0.29) is 30.2 Å². The molecule has 0 radical (unpaired) electrons. The van der Waals surface area contributed by atoms with Crippen molar-refractivity contribution in [3.05, 3.63) is 64.9 Å². The lowest BCUT2D eigenvalue weighted by Gasteiger charge is -2.23. The number of halogens is 1. The number of nitrogens with zero attached hydrogens (tertiary/aromatic N) is 4. The lowest BCUT2D eigenvalue weighted by atomic mass is 10.0. The van der Waals surface area contributed by atoms with Crippen LogP contribution in [0.5, 0.6) is 0 Å². The molecule has 1 aliphatic heterocycles. The average molecular weight is 547 g/mol. The molecule has 2 atom stereocenters. The first-order chi connectivity index (χ1) is 18.8. The minimum atomic E-state index is -0.516. The van der Waals surface area contributed by atoms with Gasteiger partial charge in [0.2, 0.25) is 17.8 Å². The third kappa shape index (κ3) is 7.68. The van der Waals surface area contributed by atoms with Gasteiger partial charge in [-0.3, -0.25) is 14.9 Å². The molecule has 202 valence electrons. The summed E-state index contributed by atoms with van der Waals surface area (Å²) in [5.41, 5.74) is 2.42. The average Bonchev–Trinajstić information content (AvgIpc) is 3.20. The zero-order valence-corrected chi connectivity index (χ0v) is 22.7. The second-order valence-corrected chi connectivity index (χ2v) is 10.1. The number of carbonyl (C=O) groups excluding carboxylic acids is 2. The highest BCUT2D eigenvalue weighted by Crippen LogP contribution is 2.24. The van der Waals surface area contributed by atoms with Crippen LogP contribution in [-0.2, 0) is 9.59 Å². The zero-order chi connectivity index (χ0) is 27.8. The van der Waals surface area contributed by atoms with E-state index in [0.717, 1.165) is 35.1 Å². The van der Waals surface area contributed by atoms with E-state index in [1.54, 1.807) is 11.0 Å². The number of likely N-dealkylation sites (tertiary alicyclic amines) is 1. The van der Waals surface area contributed by atoms with Crippen LogP contribution in [0.1, 0.15) is 43.4 Å². The maximum absolute atomic E-state index is 13.3. The van der Waals surface area contributed by atoms with Gasteiger partial charge < -0.3 is 14.6 Å². The Balaban J connectivity index is 1.38. The molecule has 0 bridgehead atoms. The molecule has 9 nitrogen and oxygen atoms in total. The summed E-state index contributed by atoms with van der Waals surface area (Å²) in [6.07, 6.45) is 5.59. The number of amides is 2. The van der Waals surface area contributed by atoms with E-state index in [1.807, 2.05) is 62.5 Å². The Bertz CT molecular complexity index is 1420. The van der Waals surface area contributed by atoms with Crippen LogP contribution in [-0.4, -0.2) is 48.5 Å². The van der Waals surface area contributed by atoms with Crippen LogP contribution in [0.2, 0.25) is 5.02 Å². The highest BCUT2D eigenvalue weighted by molar-refractivity contribution is 6.30. The van der Waals surface area contributed by atoms with Gasteiger partial charge >= 0.3 is 0 Å². The maximum atomic E-state index is 13.3. The smallest absolute Gasteiger partial charge is 0.239 e. The van der Waals surface area contributed by atoms with E-state index in [9.17, 15) is 14.9 Å². The predicted octanol–water partition coefficient (Wildman–Crippen LogP) is 5.07. The fourth-order valence-electron chi connectivity index (χ4n) is 4.49. The van der Waals surface area contributed by atoms with Crippen molar-refractivity contribution in [2.75, 3.05) is 19.6 Å². The topological polar surface area (TPSA) is 123 Å². The minimum Gasteiger partial charge on any atom is -0.461 e. The van der Waals surface area contributed by atoms with Gasteiger partial charge in [-0.2, -0.15) is 5.26 Å². The van der Waals surface area contributed by atoms with Crippen LogP contribution in [0.3, 0.4) is 0 Å². The van der Waals surface area contributed by atoms with E-state index >= 15 is 0 Å². The van der Waals surface area contributed by atoms with E-state index in [0.29, 0.717) is 30.2 Å². The van der Waals surface area contributed by atoms with E-state index in [2.05, 4.69) is 20.6 Å². The van der Waals surface area contributed by atoms with Crippen molar-refractivity contribution in [3.63, 3.8) is 0 Å². The lowest BCUT2D eigenvalue weighted by molar-refractivity contribution is -0.137. The number of carbonyl (C=O) groups is 2. The molecule has 2 unspecified atom stereocenters. The molecule has 1 saturated heterocycles. The molecule has 1 fully saturated rings. The molecule has 3 aromatic rings. The fraction of sp³-hybridized carbons (Fsp3) is 0.345. The highest BCUT2D eigenvalue weighted by atomic mass is 35.5. The zero-order valence-electron chi connectivity index (χ0n) is 22.0. The monoisotopic (exact) mass is 546 g/mol. The standard InChI is InChI=1S/C29H31ClN6O3/c1-19(21-6-8-24(30)9-7-21)15-32-27(37)17-36-12-4-3-5-22(28(36)38)16-33-29(34-18-31)35-25-10-11-26-23(14-25)13-20(2)39-26/h6-11,13-14,16,19,22H,3-5,12,15,17H2,1-2H3,(H,32,37)(H,34,35)/b33-16+. The lowest BCUT2D eigenvalue weighted by Crippen LogP contribution is -2.43. The number of rotatable bonds is 7. The van der Waals surface area contributed by atoms with Crippen molar-refractivity contribution in [2.24, 2.45) is 15.9 Å². The first kappa shape index (κ1) is 27.9. The largest absolute Gasteiger partial charge is 0.461 e. The van der Waals surface area contributed by atoms with Crippen LogP contribution in [0, 0.1) is 24.3 Å². The van der Waals surface area contributed by atoms with Crippen LogP contribution in [0.4, 0.5) is 5.69 Å². The summed E-state index contributed by atoms with van der Waals surface area (Å²) in [7, 11) is 0. The number of fused-ring (bicyclic) bond motifs is 1. The molecular weight excluding hydrogens is 516 g/mol. The summed E-state index contributed by atoms with van der Waals surface area (Å²) in [5, 5.41) is 16.2. The Morgan fingerprint density at radius 2 is 2.05 bits per heavy atom. The van der Waals surface area contributed by atoms with Gasteiger partial charge in [0.15, 0.2) is 6.19 Å². The van der Waals surface area contributed by atoms with E-state index < -0.39 is 5.92 Å². The van der Waals surface area contributed by atoms with Crippen LogP contribution >= 0.6 is 11.6 Å². The molecule has 2 aromatic carbocycles. The van der Waals surface area contributed by atoms with Gasteiger partial charge in [-0.05, 0) is 67.6 Å². The number of nitriles is 1. The van der Waals surface area contributed by atoms with Crippen molar-refractivity contribution in [1.82, 2.24) is 15.5 Å². The van der Waals surface area contributed by atoms with Gasteiger partial charge in [0.05, 0.1) is 18.2 Å². The Morgan fingerprint density at radius 1 is 1.26 bits per heavy atom. The summed E-state index contributed by atoms with van der Waals surface area (Å²) in [6.45, 7) is 4.84. The molecule has 39 heavy (non-hydrogen) atoms. The molecular formula is C29H31ClN6O3. The molecule has 1 aromatic heterocycles. The molecule has 2 N–H and O–H groups in total. The van der Waals surface area contributed by atoms with Crippen molar-refractivity contribution in [1.29, 1.82) is 5.26 Å². The third-order valence-corrected chi connectivity index (χ3v) is 6.86. The number of guanidine groups is 1. The highest BCUT2D eigenvalue weighted by Gasteiger charge is 2.27. The number of furan rings is 1. The van der Waals surface area contributed by atoms with Gasteiger partial charge in [0, 0.05) is 29.7 Å². The van der Waals surface area contributed by atoms with Crippen molar-refractivity contribution >= 4 is 52.2 Å². The summed E-state index contributed by atoms with van der Waals surface area (Å²) in [5.74, 6) is 0.0894. The normalized spacial score (nSPS) is 17.2. The van der Waals surface area contributed by atoms with Gasteiger partial charge in [-0.15, -0.1) is 0 Å². The second kappa shape index (κ2) is 13.1.